The van der Waals surface area contributed by atoms with Crippen molar-refractivity contribution in [1.82, 2.24) is 4.90 Å². The van der Waals surface area contributed by atoms with E-state index >= 15 is 0 Å². The summed E-state index contributed by atoms with van der Waals surface area (Å²) < 4.78 is 23.9. The summed E-state index contributed by atoms with van der Waals surface area (Å²) in [5, 5.41) is 11.0. The average Bonchev–Trinajstić information content (AvgIpc) is 2.86. The zero-order valence-electron chi connectivity index (χ0n) is 20.5. The first-order valence-corrected chi connectivity index (χ1v) is 12.9. The number of fused-ring (bicyclic) bond motifs is 3. The monoisotopic (exact) mass is 473 g/mol. The number of carbonyl (C=O) groups is 1. The van der Waals surface area contributed by atoms with Crippen molar-refractivity contribution in [1.29, 1.82) is 0 Å². The molecule has 2 saturated carbocycles. The van der Waals surface area contributed by atoms with Gasteiger partial charge in [-0.15, -0.1) is 0 Å². The molecule has 1 amide bonds. The highest BCUT2D eigenvalue weighted by Gasteiger charge is 2.61. The molecule has 5 rings (SSSR count). The van der Waals surface area contributed by atoms with Gasteiger partial charge in [0.25, 0.3) is 0 Å². The number of carbonyl (C=O) groups excluding carboxylic acids is 1. The summed E-state index contributed by atoms with van der Waals surface area (Å²) >= 11 is 0. The van der Waals surface area contributed by atoms with Crippen molar-refractivity contribution >= 4 is 5.91 Å². The lowest BCUT2D eigenvalue weighted by Gasteiger charge is -2.63. The van der Waals surface area contributed by atoms with Gasteiger partial charge in [-0.05, 0) is 55.1 Å². The molecule has 0 bridgehead atoms. The molecule has 1 aromatic carbocycles. The Bertz CT molecular complexity index is 845. The second-order valence-corrected chi connectivity index (χ2v) is 11.0. The number of rotatable bonds is 5. The molecule has 2 heterocycles. The van der Waals surface area contributed by atoms with Gasteiger partial charge in [0.1, 0.15) is 12.4 Å². The fraction of sp³-hybridized carbons (Fsp3) is 0.741. The largest absolute Gasteiger partial charge is 0.488 e. The predicted molar refractivity (Wildman–Crippen MR) is 126 cm³/mol. The topological polar surface area (TPSA) is 77.5 Å². The number of hydrogen-bond donors (Lipinski definition) is 1. The third-order valence-electron chi connectivity index (χ3n) is 9.12. The lowest BCUT2D eigenvalue weighted by Crippen LogP contribution is -2.63. The highest BCUT2D eigenvalue weighted by atomic mass is 16.7. The SMILES string of the molecule is C[C@@]12CO[C@@H](COc3ccccc3)O[C@@H]1CC[C@]1(C)C2CC[C@@H](O)[C@H]1CC(=O)N1CCOCC1. The number of hydrogen-bond acceptors (Lipinski definition) is 6. The van der Waals surface area contributed by atoms with Crippen LogP contribution in [0.5, 0.6) is 5.75 Å². The minimum Gasteiger partial charge on any atom is -0.488 e. The van der Waals surface area contributed by atoms with Crippen LogP contribution < -0.4 is 4.74 Å². The molecule has 2 saturated heterocycles. The van der Waals surface area contributed by atoms with Crippen molar-refractivity contribution in [2.45, 2.75) is 64.4 Å². The van der Waals surface area contributed by atoms with E-state index in [0.29, 0.717) is 51.9 Å². The molecule has 7 nitrogen and oxygen atoms in total. The Hall–Kier alpha value is -1.67. The number of ether oxygens (including phenoxy) is 4. The zero-order chi connectivity index (χ0) is 23.8. The van der Waals surface area contributed by atoms with Crippen LogP contribution in [0, 0.1) is 22.7 Å². The van der Waals surface area contributed by atoms with E-state index in [1.54, 1.807) is 0 Å². The van der Waals surface area contributed by atoms with E-state index < -0.39 is 6.10 Å². The molecule has 4 fully saturated rings. The third-order valence-corrected chi connectivity index (χ3v) is 9.12. The van der Waals surface area contributed by atoms with Gasteiger partial charge in [-0.2, -0.15) is 0 Å². The Labute approximate surface area is 202 Å². The van der Waals surface area contributed by atoms with E-state index in [1.165, 1.54) is 0 Å². The molecule has 7 heteroatoms. The van der Waals surface area contributed by atoms with Crippen molar-refractivity contribution in [3.8, 4) is 5.75 Å². The van der Waals surface area contributed by atoms with Crippen LogP contribution in [0.3, 0.4) is 0 Å². The summed E-state index contributed by atoms with van der Waals surface area (Å²) in [4.78, 5) is 15.0. The lowest BCUT2D eigenvalue weighted by atomic mass is 9.46. The number of aliphatic hydroxyl groups is 1. The van der Waals surface area contributed by atoms with E-state index in [9.17, 15) is 9.90 Å². The predicted octanol–water partition coefficient (Wildman–Crippen LogP) is 3.25. The van der Waals surface area contributed by atoms with Crippen molar-refractivity contribution in [2.75, 3.05) is 39.5 Å². The first-order valence-electron chi connectivity index (χ1n) is 12.9. The van der Waals surface area contributed by atoms with Gasteiger partial charge >= 0.3 is 0 Å². The average molecular weight is 474 g/mol. The summed E-state index contributed by atoms with van der Waals surface area (Å²) in [5.41, 5.74) is -0.262. The molecule has 0 aromatic heterocycles. The van der Waals surface area contributed by atoms with E-state index in [-0.39, 0.29) is 35.0 Å². The maximum absolute atomic E-state index is 13.1. The lowest BCUT2D eigenvalue weighted by molar-refractivity contribution is -0.313. The smallest absolute Gasteiger partial charge is 0.223 e. The molecular weight excluding hydrogens is 434 g/mol. The molecule has 1 unspecified atom stereocenters. The van der Waals surface area contributed by atoms with Gasteiger partial charge in [0.05, 0.1) is 32.0 Å². The molecule has 7 atom stereocenters. The number of aliphatic hydroxyl groups excluding tert-OH is 1. The Balaban J connectivity index is 1.26. The Morgan fingerprint density at radius 3 is 2.65 bits per heavy atom. The van der Waals surface area contributed by atoms with Gasteiger partial charge < -0.3 is 29.0 Å². The minimum absolute atomic E-state index is 0.0430. The molecule has 1 N–H and O–H groups in total. The molecule has 2 aliphatic carbocycles. The fourth-order valence-corrected chi connectivity index (χ4v) is 7.18. The minimum atomic E-state index is -0.441. The maximum atomic E-state index is 13.1. The van der Waals surface area contributed by atoms with Crippen molar-refractivity contribution < 1.29 is 28.8 Å². The standard InChI is InChI=1S/C27H39NO6/c1-26-11-10-23-27(2,18-33-25(34-23)17-32-19-6-4-3-5-7-19)22(26)9-8-21(29)20(26)16-24(30)28-12-14-31-15-13-28/h3-7,20-23,25,29H,8-18H2,1-2H3/t20-,21-,22?,23-,25-,26+,27+/m1/s1. The number of benzene rings is 1. The number of para-hydroxylation sites is 1. The molecule has 2 aliphatic heterocycles. The quantitative estimate of drug-likeness (QED) is 0.708. The maximum Gasteiger partial charge on any atom is 0.223 e. The molecule has 4 aliphatic rings. The van der Waals surface area contributed by atoms with Gasteiger partial charge in [-0.25, -0.2) is 0 Å². The van der Waals surface area contributed by atoms with Gasteiger partial charge in [0.2, 0.25) is 5.91 Å². The van der Waals surface area contributed by atoms with E-state index in [4.69, 9.17) is 18.9 Å². The summed E-state index contributed by atoms with van der Waals surface area (Å²) in [7, 11) is 0. The number of nitrogens with zero attached hydrogens (tertiary/aromatic N) is 1. The molecular formula is C27H39NO6. The summed E-state index contributed by atoms with van der Waals surface area (Å²) in [6.07, 6.45) is 3.19. The second kappa shape index (κ2) is 9.76. The zero-order valence-corrected chi connectivity index (χ0v) is 20.5. The first-order chi connectivity index (χ1) is 16.4. The van der Waals surface area contributed by atoms with Crippen molar-refractivity contribution in [3.05, 3.63) is 30.3 Å². The van der Waals surface area contributed by atoms with Gasteiger partial charge in [-0.3, -0.25) is 4.79 Å². The van der Waals surface area contributed by atoms with Crippen molar-refractivity contribution in [3.63, 3.8) is 0 Å². The van der Waals surface area contributed by atoms with Crippen molar-refractivity contribution in [2.24, 2.45) is 22.7 Å². The molecule has 0 spiro atoms. The first kappa shape index (κ1) is 24.0. The summed E-state index contributed by atoms with van der Waals surface area (Å²) in [5.74, 6) is 1.25. The molecule has 1 aromatic rings. The van der Waals surface area contributed by atoms with E-state index in [2.05, 4.69) is 13.8 Å². The van der Waals surface area contributed by atoms with Gasteiger partial charge in [0.15, 0.2) is 6.29 Å². The van der Waals surface area contributed by atoms with Crippen LogP contribution in [0.2, 0.25) is 0 Å². The van der Waals surface area contributed by atoms with Crippen LogP contribution >= 0.6 is 0 Å². The highest BCUT2D eigenvalue weighted by molar-refractivity contribution is 5.76. The van der Waals surface area contributed by atoms with Crippen LogP contribution in [0.4, 0.5) is 0 Å². The Morgan fingerprint density at radius 2 is 1.88 bits per heavy atom. The molecule has 34 heavy (non-hydrogen) atoms. The Morgan fingerprint density at radius 1 is 1.12 bits per heavy atom. The fourth-order valence-electron chi connectivity index (χ4n) is 7.18. The van der Waals surface area contributed by atoms with Crippen LogP contribution in [0.15, 0.2) is 30.3 Å². The second-order valence-electron chi connectivity index (χ2n) is 11.0. The van der Waals surface area contributed by atoms with Gasteiger partial charge in [-0.1, -0.05) is 32.0 Å². The van der Waals surface area contributed by atoms with Crippen LogP contribution in [-0.2, 0) is 19.0 Å². The van der Waals surface area contributed by atoms with E-state index in [1.807, 2.05) is 35.2 Å². The number of morpholine rings is 1. The third kappa shape index (κ3) is 4.48. The van der Waals surface area contributed by atoms with E-state index in [0.717, 1.165) is 31.4 Å². The van der Waals surface area contributed by atoms with Crippen LogP contribution in [-0.4, -0.2) is 73.9 Å². The van der Waals surface area contributed by atoms with Crippen LogP contribution in [0.25, 0.3) is 0 Å². The Kier molecular flexibility index (Phi) is 6.90. The number of amides is 1. The molecule has 188 valence electrons. The normalized spacial score (nSPS) is 40.2. The summed E-state index contributed by atoms with van der Waals surface area (Å²) in [6, 6.07) is 9.74. The van der Waals surface area contributed by atoms with Crippen LogP contribution in [0.1, 0.15) is 46.0 Å². The highest BCUT2D eigenvalue weighted by Crippen LogP contribution is 2.62. The molecule has 0 radical (unpaired) electrons. The van der Waals surface area contributed by atoms with Gasteiger partial charge in [0, 0.05) is 24.9 Å². The summed E-state index contributed by atoms with van der Waals surface area (Å²) in [6.45, 7) is 8.06.